The number of hydrogen-bond donors (Lipinski definition) is 2. The second-order valence-corrected chi connectivity index (χ2v) is 10.3. The number of aliphatic hydroxyl groups is 1. The van der Waals surface area contributed by atoms with Crippen LogP contribution >= 0.6 is 11.6 Å². The van der Waals surface area contributed by atoms with Crippen molar-refractivity contribution in [2.45, 2.75) is 56.0 Å². The van der Waals surface area contributed by atoms with E-state index in [9.17, 15) is 33.1 Å². The van der Waals surface area contributed by atoms with Crippen molar-refractivity contribution in [1.82, 2.24) is 15.3 Å². The van der Waals surface area contributed by atoms with Gasteiger partial charge in [-0.15, -0.1) is 0 Å². The Bertz CT molecular complexity index is 1510. The summed E-state index contributed by atoms with van der Waals surface area (Å²) in [6, 6.07) is 8.91. The quantitative estimate of drug-likeness (QED) is 0.382. The first kappa shape index (κ1) is 28.5. The van der Waals surface area contributed by atoms with Gasteiger partial charge in [0.2, 0.25) is 5.91 Å². The van der Waals surface area contributed by atoms with E-state index < -0.39 is 60.7 Å². The molecule has 5 rings (SSSR count). The number of benzene rings is 1. The van der Waals surface area contributed by atoms with Crippen molar-refractivity contribution < 1.29 is 27.9 Å². The van der Waals surface area contributed by atoms with Crippen LogP contribution in [0.2, 0.25) is 5.02 Å². The van der Waals surface area contributed by atoms with Crippen LogP contribution in [0.15, 0.2) is 61.1 Å². The maximum Gasteiger partial charge on any atom is 0.251 e. The summed E-state index contributed by atoms with van der Waals surface area (Å²) >= 11 is 6.51. The summed E-state index contributed by atoms with van der Waals surface area (Å²) in [6.45, 7) is 0. The van der Waals surface area contributed by atoms with Gasteiger partial charge < -0.3 is 5.11 Å². The molecule has 13 heteroatoms. The second kappa shape index (κ2) is 11.4. The molecule has 2 unspecified atom stereocenters. The van der Waals surface area contributed by atoms with Crippen molar-refractivity contribution in [2.24, 2.45) is 0 Å². The molecule has 2 amide bonds. The SMILES string of the molecule is N#Cc1ccnc(N2C(=O)CC[C@H]2C(=O)N(c2cncc(F)c2)C(c2ccccc2Cl)C(O)NC2CC(F)(F)C2)c1. The van der Waals surface area contributed by atoms with E-state index in [1.54, 1.807) is 18.2 Å². The Morgan fingerprint density at radius 2 is 2.00 bits per heavy atom. The minimum atomic E-state index is -2.88. The summed E-state index contributed by atoms with van der Waals surface area (Å²) in [5.74, 6) is -4.73. The minimum absolute atomic E-state index is 0.0151. The van der Waals surface area contributed by atoms with E-state index in [4.69, 9.17) is 11.6 Å². The molecule has 0 bridgehead atoms. The van der Waals surface area contributed by atoms with Gasteiger partial charge in [-0.2, -0.15) is 5.26 Å². The van der Waals surface area contributed by atoms with E-state index in [-0.39, 0.29) is 40.5 Å². The van der Waals surface area contributed by atoms with E-state index in [1.807, 2.05) is 6.07 Å². The highest BCUT2D eigenvalue weighted by molar-refractivity contribution is 6.31. The molecule has 1 saturated carbocycles. The lowest BCUT2D eigenvalue weighted by molar-refractivity contribution is -0.123. The molecule has 3 atom stereocenters. The topological polar surface area (TPSA) is 122 Å². The van der Waals surface area contributed by atoms with Crippen molar-refractivity contribution in [1.29, 1.82) is 5.26 Å². The Hall–Kier alpha value is -4.05. The van der Waals surface area contributed by atoms with Crippen LogP contribution in [-0.2, 0) is 9.59 Å². The van der Waals surface area contributed by atoms with Gasteiger partial charge in [-0.05, 0) is 30.2 Å². The van der Waals surface area contributed by atoms with E-state index in [1.165, 1.54) is 35.5 Å². The zero-order chi connectivity index (χ0) is 29.3. The first-order valence-corrected chi connectivity index (χ1v) is 13.1. The summed E-state index contributed by atoms with van der Waals surface area (Å²) in [5.41, 5.74) is 0.411. The maximum absolute atomic E-state index is 14.5. The first-order valence-electron chi connectivity index (χ1n) is 12.8. The van der Waals surface area contributed by atoms with Gasteiger partial charge in [-0.3, -0.25) is 29.7 Å². The lowest BCUT2D eigenvalue weighted by atomic mass is 9.87. The molecule has 2 fully saturated rings. The van der Waals surface area contributed by atoms with Crippen molar-refractivity contribution in [3.63, 3.8) is 0 Å². The molecule has 9 nitrogen and oxygen atoms in total. The van der Waals surface area contributed by atoms with Gasteiger partial charge in [-0.1, -0.05) is 29.8 Å². The lowest BCUT2D eigenvalue weighted by Gasteiger charge is -2.42. The molecule has 2 aromatic heterocycles. The van der Waals surface area contributed by atoms with Crippen LogP contribution in [0.5, 0.6) is 0 Å². The number of aromatic nitrogens is 2. The third-order valence-electron chi connectivity index (χ3n) is 7.12. The average molecular weight is 585 g/mol. The van der Waals surface area contributed by atoms with Crippen molar-refractivity contribution in [3.8, 4) is 6.07 Å². The van der Waals surface area contributed by atoms with E-state index in [2.05, 4.69) is 15.3 Å². The smallest absolute Gasteiger partial charge is 0.251 e. The number of nitrogens with zero attached hydrogens (tertiary/aromatic N) is 5. The first-order chi connectivity index (χ1) is 19.6. The highest BCUT2D eigenvalue weighted by Crippen LogP contribution is 2.40. The van der Waals surface area contributed by atoms with Crippen LogP contribution in [0.25, 0.3) is 0 Å². The van der Waals surface area contributed by atoms with Crippen LogP contribution in [0, 0.1) is 17.1 Å². The number of halogens is 4. The van der Waals surface area contributed by atoms with Crippen LogP contribution in [0.4, 0.5) is 24.7 Å². The number of aliphatic hydroxyl groups excluding tert-OH is 1. The fourth-order valence-electron chi connectivity index (χ4n) is 5.22. The number of hydrogen-bond acceptors (Lipinski definition) is 7. The molecule has 1 saturated heterocycles. The van der Waals surface area contributed by atoms with Gasteiger partial charge in [0.05, 0.1) is 29.7 Å². The van der Waals surface area contributed by atoms with Gasteiger partial charge >= 0.3 is 0 Å². The fourth-order valence-corrected chi connectivity index (χ4v) is 5.47. The Balaban J connectivity index is 1.60. The number of nitrogens with one attached hydrogen (secondary N) is 1. The highest BCUT2D eigenvalue weighted by atomic mass is 35.5. The van der Waals surface area contributed by atoms with Crippen LogP contribution < -0.4 is 15.1 Å². The van der Waals surface area contributed by atoms with Gasteiger partial charge in [0, 0.05) is 42.6 Å². The number of amides is 2. The molecular formula is C28H24ClF3N6O3. The van der Waals surface area contributed by atoms with Gasteiger partial charge in [-0.25, -0.2) is 18.2 Å². The predicted molar refractivity (Wildman–Crippen MR) is 142 cm³/mol. The van der Waals surface area contributed by atoms with Crippen molar-refractivity contribution in [2.75, 3.05) is 9.80 Å². The zero-order valence-electron chi connectivity index (χ0n) is 21.4. The molecule has 1 aliphatic heterocycles. The maximum atomic E-state index is 14.5. The monoisotopic (exact) mass is 584 g/mol. The Kier molecular flexibility index (Phi) is 7.95. The third-order valence-corrected chi connectivity index (χ3v) is 7.47. The molecule has 0 radical (unpaired) electrons. The molecule has 212 valence electrons. The lowest BCUT2D eigenvalue weighted by Crippen LogP contribution is -2.57. The molecule has 3 aromatic rings. The average Bonchev–Trinajstić information content (AvgIpc) is 3.32. The predicted octanol–water partition coefficient (Wildman–Crippen LogP) is 4.12. The number of anilines is 2. The number of nitriles is 1. The number of rotatable bonds is 8. The number of pyridine rings is 2. The molecule has 41 heavy (non-hydrogen) atoms. The largest absolute Gasteiger partial charge is 0.376 e. The molecule has 3 heterocycles. The van der Waals surface area contributed by atoms with Crippen molar-refractivity contribution in [3.05, 3.63) is 83.0 Å². The Labute approximate surface area is 238 Å². The highest BCUT2D eigenvalue weighted by Gasteiger charge is 2.48. The molecule has 0 spiro atoms. The molecule has 2 N–H and O–H groups in total. The van der Waals surface area contributed by atoms with Crippen molar-refractivity contribution >= 4 is 34.9 Å². The van der Waals surface area contributed by atoms with E-state index in [0.717, 1.165) is 17.2 Å². The minimum Gasteiger partial charge on any atom is -0.376 e. The van der Waals surface area contributed by atoms with Crippen LogP contribution in [-0.4, -0.2) is 51.1 Å². The Morgan fingerprint density at radius 1 is 1.24 bits per heavy atom. The van der Waals surface area contributed by atoms with Gasteiger partial charge in [0.15, 0.2) is 0 Å². The summed E-state index contributed by atoms with van der Waals surface area (Å²) in [6.07, 6.45) is 0.871. The standard InChI is InChI=1S/C28H24ClF3N6O3/c29-21-4-2-1-3-20(21)25(26(40)36-18-11-28(31,32)12-18)37(19-10-17(30)14-34-15-19)27(41)22-5-6-24(39)38(22)23-9-16(13-33)7-8-35-23/h1-4,7-10,14-15,18,22,25-26,36,40H,5-6,11-12H2/t22-,25?,26?/m0/s1. The third kappa shape index (κ3) is 5.88. The summed E-state index contributed by atoms with van der Waals surface area (Å²) in [7, 11) is 0. The number of carbonyl (C=O) groups excluding carboxylic acids is 2. The normalized spacial score (nSPS) is 19.8. The summed E-state index contributed by atoms with van der Waals surface area (Å²) in [5, 5.41) is 23.7. The number of carbonyl (C=O) groups is 2. The van der Waals surface area contributed by atoms with E-state index in [0.29, 0.717) is 0 Å². The summed E-state index contributed by atoms with van der Waals surface area (Å²) < 4.78 is 41.7. The second-order valence-electron chi connectivity index (χ2n) is 9.94. The summed E-state index contributed by atoms with van der Waals surface area (Å²) in [4.78, 5) is 37.7. The van der Waals surface area contributed by atoms with Crippen LogP contribution in [0.1, 0.15) is 42.9 Å². The number of alkyl halides is 2. The Morgan fingerprint density at radius 3 is 2.68 bits per heavy atom. The molecule has 2 aliphatic rings. The zero-order valence-corrected chi connectivity index (χ0v) is 22.2. The van der Waals surface area contributed by atoms with E-state index >= 15 is 0 Å². The molecule has 1 aromatic carbocycles. The molecule has 1 aliphatic carbocycles. The fraction of sp³-hybridized carbons (Fsp3) is 0.321. The van der Waals surface area contributed by atoms with Gasteiger partial charge in [0.1, 0.15) is 29.9 Å². The molecular weight excluding hydrogens is 561 g/mol. The van der Waals surface area contributed by atoms with Gasteiger partial charge in [0.25, 0.3) is 11.8 Å². The van der Waals surface area contributed by atoms with Crippen LogP contribution in [0.3, 0.4) is 0 Å².